The van der Waals surface area contributed by atoms with E-state index in [4.69, 9.17) is 15.1 Å². The Morgan fingerprint density at radius 1 is 1.17 bits per heavy atom. The molecule has 0 aliphatic rings. The average Bonchev–Trinajstić information content (AvgIpc) is 2.42. The molecular weight excluding hydrogens is 294 g/mol. The third-order valence-electron chi connectivity index (χ3n) is 2.42. The zero-order chi connectivity index (χ0) is 13.0. The topological polar surface area (TPSA) is 53.2 Å². The molecule has 2 rings (SSSR count). The predicted molar refractivity (Wildman–Crippen MR) is 71.3 cm³/mol. The van der Waals surface area contributed by atoms with E-state index in [0.29, 0.717) is 17.1 Å². The molecule has 0 aliphatic heterocycles. The minimum atomic E-state index is -0.0504. The molecule has 2 aromatic carbocycles. The van der Waals surface area contributed by atoms with E-state index in [-0.39, 0.29) is 6.61 Å². The second kappa shape index (κ2) is 5.67. The van der Waals surface area contributed by atoms with Crippen LogP contribution in [0.5, 0.6) is 11.5 Å². The smallest absolute Gasteiger partial charge is 0.141 e. The number of nitrogens with zero attached hydrogens (tertiary/aromatic N) is 1. The Morgan fingerprint density at radius 3 is 2.50 bits per heavy atom. The molecular formula is C14H10BrNO2. The fourth-order valence-corrected chi connectivity index (χ4v) is 1.95. The maximum Gasteiger partial charge on any atom is 0.141 e. The Balaban J connectivity index is 2.26. The van der Waals surface area contributed by atoms with Gasteiger partial charge in [0.25, 0.3) is 0 Å². The van der Waals surface area contributed by atoms with Crippen molar-refractivity contribution in [2.24, 2.45) is 0 Å². The Kier molecular flexibility index (Phi) is 3.98. The SMILES string of the molecule is N#Cc1ccc(Oc2cccc(CO)c2Br)cc1. The Morgan fingerprint density at radius 2 is 1.89 bits per heavy atom. The highest BCUT2D eigenvalue weighted by Crippen LogP contribution is 2.32. The molecule has 2 aromatic rings. The number of rotatable bonds is 3. The van der Waals surface area contributed by atoms with E-state index in [9.17, 15) is 0 Å². The first kappa shape index (κ1) is 12.6. The van der Waals surface area contributed by atoms with Crippen molar-refractivity contribution >= 4 is 15.9 Å². The first-order chi connectivity index (χ1) is 8.74. The average molecular weight is 304 g/mol. The molecule has 0 aromatic heterocycles. The number of aliphatic hydroxyl groups excluding tert-OH is 1. The van der Waals surface area contributed by atoms with Crippen molar-refractivity contribution in [3.63, 3.8) is 0 Å². The molecule has 0 amide bonds. The van der Waals surface area contributed by atoms with Gasteiger partial charge >= 0.3 is 0 Å². The zero-order valence-electron chi connectivity index (χ0n) is 9.43. The van der Waals surface area contributed by atoms with Crippen LogP contribution in [0.25, 0.3) is 0 Å². The summed E-state index contributed by atoms with van der Waals surface area (Å²) in [5.41, 5.74) is 1.35. The lowest BCUT2D eigenvalue weighted by atomic mass is 10.2. The molecule has 1 N–H and O–H groups in total. The standard InChI is InChI=1S/C14H10BrNO2/c15-14-11(9-17)2-1-3-13(14)18-12-6-4-10(8-16)5-7-12/h1-7,17H,9H2. The van der Waals surface area contributed by atoms with Crippen molar-refractivity contribution in [3.05, 3.63) is 58.1 Å². The van der Waals surface area contributed by atoms with Crippen LogP contribution in [0.15, 0.2) is 46.9 Å². The van der Waals surface area contributed by atoms with Gasteiger partial charge in [-0.25, -0.2) is 0 Å². The number of benzene rings is 2. The number of halogens is 1. The maximum atomic E-state index is 9.16. The summed E-state index contributed by atoms with van der Waals surface area (Å²) in [5.74, 6) is 1.27. The minimum absolute atomic E-state index is 0.0504. The third kappa shape index (κ3) is 2.70. The highest BCUT2D eigenvalue weighted by Gasteiger charge is 2.06. The number of hydrogen-bond donors (Lipinski definition) is 1. The summed E-state index contributed by atoms with van der Waals surface area (Å²) in [6.45, 7) is -0.0504. The van der Waals surface area contributed by atoms with Gasteiger partial charge in [-0.3, -0.25) is 0 Å². The van der Waals surface area contributed by atoms with Gasteiger partial charge in [0.05, 0.1) is 22.7 Å². The van der Waals surface area contributed by atoms with Gasteiger partial charge in [0.2, 0.25) is 0 Å². The van der Waals surface area contributed by atoms with Gasteiger partial charge in [0.1, 0.15) is 11.5 Å². The summed E-state index contributed by atoms with van der Waals surface area (Å²) < 4.78 is 6.42. The highest BCUT2D eigenvalue weighted by atomic mass is 79.9. The maximum absolute atomic E-state index is 9.16. The van der Waals surface area contributed by atoms with E-state index in [1.54, 1.807) is 30.3 Å². The van der Waals surface area contributed by atoms with Crippen LogP contribution in [0.3, 0.4) is 0 Å². The fourth-order valence-electron chi connectivity index (χ4n) is 1.48. The summed E-state index contributed by atoms with van der Waals surface area (Å²) in [6.07, 6.45) is 0. The lowest BCUT2D eigenvalue weighted by Crippen LogP contribution is -1.90. The molecule has 0 atom stereocenters. The summed E-state index contributed by atoms with van der Waals surface area (Å²) in [5, 5.41) is 17.9. The summed E-state index contributed by atoms with van der Waals surface area (Å²) in [7, 11) is 0. The van der Waals surface area contributed by atoms with Crippen molar-refractivity contribution in [1.82, 2.24) is 0 Å². The number of nitriles is 1. The van der Waals surface area contributed by atoms with E-state index in [2.05, 4.69) is 15.9 Å². The first-order valence-electron chi connectivity index (χ1n) is 5.31. The van der Waals surface area contributed by atoms with Crippen molar-refractivity contribution in [2.75, 3.05) is 0 Å². The van der Waals surface area contributed by atoms with Crippen LogP contribution < -0.4 is 4.74 Å². The third-order valence-corrected chi connectivity index (χ3v) is 3.32. The van der Waals surface area contributed by atoms with Crippen molar-refractivity contribution in [1.29, 1.82) is 5.26 Å². The van der Waals surface area contributed by atoms with E-state index in [0.717, 1.165) is 10.0 Å². The fraction of sp³-hybridized carbons (Fsp3) is 0.0714. The Labute approximate surface area is 113 Å². The molecule has 0 saturated heterocycles. The highest BCUT2D eigenvalue weighted by molar-refractivity contribution is 9.10. The number of hydrogen-bond acceptors (Lipinski definition) is 3. The van der Waals surface area contributed by atoms with Crippen LogP contribution in [0, 0.1) is 11.3 Å². The van der Waals surface area contributed by atoms with Crippen LogP contribution in [0.1, 0.15) is 11.1 Å². The Bertz CT molecular complexity index is 588. The van der Waals surface area contributed by atoms with Gasteiger partial charge in [-0.05, 0) is 51.8 Å². The van der Waals surface area contributed by atoms with Crippen molar-refractivity contribution in [2.45, 2.75) is 6.61 Å². The lowest BCUT2D eigenvalue weighted by Gasteiger charge is -2.10. The summed E-state index contributed by atoms with van der Waals surface area (Å²) in [4.78, 5) is 0. The van der Waals surface area contributed by atoms with Gasteiger partial charge in [0, 0.05) is 0 Å². The first-order valence-corrected chi connectivity index (χ1v) is 6.10. The summed E-state index contributed by atoms with van der Waals surface area (Å²) in [6, 6.07) is 14.3. The van der Waals surface area contributed by atoms with Gasteiger partial charge in [0.15, 0.2) is 0 Å². The molecule has 0 heterocycles. The van der Waals surface area contributed by atoms with E-state index < -0.39 is 0 Å². The number of aliphatic hydroxyl groups is 1. The van der Waals surface area contributed by atoms with Gasteiger partial charge in [-0.15, -0.1) is 0 Å². The number of ether oxygens (including phenoxy) is 1. The Hall–Kier alpha value is -1.83. The molecule has 0 fully saturated rings. The molecule has 0 unspecified atom stereocenters. The van der Waals surface area contributed by atoms with Gasteiger partial charge in [-0.1, -0.05) is 12.1 Å². The molecule has 18 heavy (non-hydrogen) atoms. The molecule has 0 spiro atoms. The largest absolute Gasteiger partial charge is 0.456 e. The quantitative estimate of drug-likeness (QED) is 0.942. The van der Waals surface area contributed by atoms with Crippen LogP contribution >= 0.6 is 15.9 Å². The second-order valence-corrected chi connectivity index (χ2v) is 4.42. The normalized spacial score (nSPS) is 9.83. The molecule has 3 nitrogen and oxygen atoms in total. The van der Waals surface area contributed by atoms with Crippen LogP contribution in [-0.4, -0.2) is 5.11 Å². The molecule has 0 aliphatic carbocycles. The van der Waals surface area contributed by atoms with Gasteiger partial charge in [-0.2, -0.15) is 5.26 Å². The second-order valence-electron chi connectivity index (χ2n) is 3.63. The zero-order valence-corrected chi connectivity index (χ0v) is 11.0. The molecule has 0 radical (unpaired) electrons. The van der Waals surface area contributed by atoms with Crippen molar-refractivity contribution in [3.8, 4) is 17.6 Å². The monoisotopic (exact) mass is 303 g/mol. The lowest BCUT2D eigenvalue weighted by molar-refractivity contribution is 0.280. The predicted octanol–water partition coefficient (Wildman–Crippen LogP) is 3.61. The van der Waals surface area contributed by atoms with Crippen LogP contribution in [0.2, 0.25) is 0 Å². The molecule has 90 valence electrons. The van der Waals surface area contributed by atoms with Crippen molar-refractivity contribution < 1.29 is 9.84 Å². The van der Waals surface area contributed by atoms with Crippen LogP contribution in [0.4, 0.5) is 0 Å². The van der Waals surface area contributed by atoms with Crippen LogP contribution in [-0.2, 0) is 6.61 Å². The van der Waals surface area contributed by atoms with E-state index >= 15 is 0 Å². The van der Waals surface area contributed by atoms with E-state index in [1.807, 2.05) is 18.2 Å². The van der Waals surface area contributed by atoms with Gasteiger partial charge < -0.3 is 9.84 Å². The van der Waals surface area contributed by atoms with E-state index in [1.165, 1.54) is 0 Å². The minimum Gasteiger partial charge on any atom is -0.456 e. The summed E-state index contributed by atoms with van der Waals surface area (Å²) >= 11 is 3.39. The molecule has 4 heteroatoms. The molecule has 0 saturated carbocycles. The molecule has 0 bridgehead atoms.